The molecule has 2 aromatic rings. The largest absolute Gasteiger partial charge is 0.307 e. The van der Waals surface area contributed by atoms with Crippen LogP contribution in [0.4, 0.5) is 8.78 Å². The van der Waals surface area contributed by atoms with Crippen LogP contribution < -0.4 is 0 Å². The molecule has 0 spiro atoms. The van der Waals surface area contributed by atoms with E-state index in [-0.39, 0.29) is 5.56 Å². The molecule has 2 nitrogen and oxygen atoms in total. The summed E-state index contributed by atoms with van der Waals surface area (Å²) < 4.78 is 26.3. The van der Waals surface area contributed by atoms with E-state index < -0.39 is 6.43 Å². The van der Waals surface area contributed by atoms with Crippen LogP contribution in [0.25, 0.3) is 5.65 Å². The number of imidazole rings is 1. The molecule has 0 radical (unpaired) electrons. The summed E-state index contributed by atoms with van der Waals surface area (Å²) in [6, 6.07) is 2.80. The second-order valence-electron chi connectivity index (χ2n) is 2.91. The first-order valence-corrected chi connectivity index (χ1v) is 3.90. The van der Waals surface area contributed by atoms with Crippen molar-refractivity contribution < 1.29 is 8.78 Å². The highest BCUT2D eigenvalue weighted by Gasteiger charge is 2.07. The Balaban J connectivity index is 2.61. The molecule has 4 heteroatoms. The molecule has 0 aliphatic heterocycles. The number of alkyl halides is 2. The molecule has 2 aromatic heterocycles. The van der Waals surface area contributed by atoms with Crippen molar-refractivity contribution in [3.05, 3.63) is 35.8 Å². The first kappa shape index (κ1) is 8.16. The van der Waals surface area contributed by atoms with E-state index in [9.17, 15) is 8.78 Å². The zero-order chi connectivity index (χ0) is 9.42. The van der Waals surface area contributed by atoms with Crippen LogP contribution in [0, 0.1) is 6.92 Å². The summed E-state index contributed by atoms with van der Waals surface area (Å²) in [5, 5.41) is 0. The SMILES string of the molecule is Cc1cn2ccc(C(F)F)cc2n1. The summed E-state index contributed by atoms with van der Waals surface area (Å²) in [4.78, 5) is 4.09. The summed E-state index contributed by atoms with van der Waals surface area (Å²) in [5.74, 6) is 0. The Bertz CT molecular complexity index is 434. The molecule has 0 aromatic carbocycles. The summed E-state index contributed by atoms with van der Waals surface area (Å²) in [5.41, 5.74) is 1.40. The van der Waals surface area contributed by atoms with Crippen molar-refractivity contribution in [2.24, 2.45) is 0 Å². The summed E-state index contributed by atoms with van der Waals surface area (Å²) in [6.45, 7) is 1.83. The standard InChI is InChI=1S/C9H8F2N2/c1-6-5-13-3-2-7(9(10)11)4-8(13)12-6/h2-5,9H,1H3. The second kappa shape index (κ2) is 2.80. The van der Waals surface area contributed by atoms with Gasteiger partial charge in [0.05, 0.1) is 5.69 Å². The maximum Gasteiger partial charge on any atom is 0.264 e. The van der Waals surface area contributed by atoms with E-state index in [1.807, 2.05) is 6.92 Å². The van der Waals surface area contributed by atoms with E-state index in [1.54, 1.807) is 16.8 Å². The van der Waals surface area contributed by atoms with Crippen LogP contribution in [-0.2, 0) is 0 Å². The average Bonchev–Trinajstić information content (AvgIpc) is 2.42. The first-order chi connectivity index (χ1) is 6.16. The van der Waals surface area contributed by atoms with Crippen molar-refractivity contribution in [2.45, 2.75) is 13.3 Å². The molecule has 13 heavy (non-hydrogen) atoms. The van der Waals surface area contributed by atoms with Crippen molar-refractivity contribution >= 4 is 5.65 Å². The molecule has 0 bridgehead atoms. The molecule has 0 amide bonds. The first-order valence-electron chi connectivity index (χ1n) is 3.90. The van der Waals surface area contributed by atoms with Gasteiger partial charge in [0.1, 0.15) is 5.65 Å². The quantitative estimate of drug-likeness (QED) is 0.662. The Morgan fingerprint density at radius 1 is 1.46 bits per heavy atom. The molecule has 0 fully saturated rings. The molecular weight excluding hydrogens is 174 g/mol. The summed E-state index contributed by atoms with van der Waals surface area (Å²) in [7, 11) is 0. The van der Waals surface area contributed by atoms with Crippen molar-refractivity contribution in [3.63, 3.8) is 0 Å². The zero-order valence-electron chi connectivity index (χ0n) is 7.04. The third kappa shape index (κ3) is 1.39. The summed E-state index contributed by atoms with van der Waals surface area (Å²) >= 11 is 0. The Hall–Kier alpha value is -1.45. The van der Waals surface area contributed by atoms with Gasteiger partial charge in [0.15, 0.2) is 0 Å². The van der Waals surface area contributed by atoms with Gasteiger partial charge < -0.3 is 4.40 Å². The zero-order valence-corrected chi connectivity index (χ0v) is 7.04. The Kier molecular flexibility index (Phi) is 1.76. The van der Waals surface area contributed by atoms with Gasteiger partial charge in [0.25, 0.3) is 6.43 Å². The number of aromatic nitrogens is 2. The molecule has 0 saturated heterocycles. The van der Waals surface area contributed by atoms with E-state index in [0.717, 1.165) is 5.69 Å². The lowest BCUT2D eigenvalue weighted by Gasteiger charge is -1.98. The minimum absolute atomic E-state index is 0.0121. The van der Waals surface area contributed by atoms with Gasteiger partial charge in [-0.2, -0.15) is 0 Å². The van der Waals surface area contributed by atoms with Crippen LogP contribution in [0.3, 0.4) is 0 Å². The van der Waals surface area contributed by atoms with E-state index in [0.29, 0.717) is 5.65 Å². The molecule has 0 unspecified atom stereocenters. The fourth-order valence-corrected chi connectivity index (χ4v) is 1.26. The van der Waals surface area contributed by atoms with E-state index in [4.69, 9.17) is 0 Å². The number of aryl methyl sites for hydroxylation is 1. The molecule has 2 heterocycles. The van der Waals surface area contributed by atoms with Gasteiger partial charge >= 0.3 is 0 Å². The number of nitrogens with zero attached hydrogens (tertiary/aromatic N) is 2. The Morgan fingerprint density at radius 3 is 2.92 bits per heavy atom. The fraction of sp³-hybridized carbons (Fsp3) is 0.222. The molecule has 0 atom stereocenters. The van der Waals surface area contributed by atoms with Crippen LogP contribution >= 0.6 is 0 Å². The number of rotatable bonds is 1. The number of fused-ring (bicyclic) bond motifs is 1. The molecule has 68 valence electrons. The van der Waals surface area contributed by atoms with Crippen LogP contribution in [0.15, 0.2) is 24.5 Å². The highest BCUT2D eigenvalue weighted by molar-refractivity contribution is 5.43. The Labute approximate surface area is 73.8 Å². The van der Waals surface area contributed by atoms with Crippen LogP contribution in [-0.4, -0.2) is 9.38 Å². The topological polar surface area (TPSA) is 17.3 Å². The number of halogens is 2. The van der Waals surface area contributed by atoms with Crippen molar-refractivity contribution in [1.82, 2.24) is 9.38 Å². The minimum Gasteiger partial charge on any atom is -0.307 e. The smallest absolute Gasteiger partial charge is 0.264 e. The van der Waals surface area contributed by atoms with Crippen LogP contribution in [0.5, 0.6) is 0 Å². The van der Waals surface area contributed by atoms with Gasteiger partial charge in [-0.1, -0.05) is 0 Å². The van der Waals surface area contributed by atoms with Gasteiger partial charge in [0, 0.05) is 18.0 Å². The normalized spacial score (nSPS) is 11.4. The number of hydrogen-bond acceptors (Lipinski definition) is 1. The van der Waals surface area contributed by atoms with E-state index in [1.165, 1.54) is 12.1 Å². The molecule has 0 aliphatic carbocycles. The predicted octanol–water partition coefficient (Wildman–Crippen LogP) is 2.58. The van der Waals surface area contributed by atoms with E-state index in [2.05, 4.69) is 4.98 Å². The predicted molar refractivity (Wildman–Crippen MR) is 44.9 cm³/mol. The lowest BCUT2D eigenvalue weighted by molar-refractivity contribution is 0.151. The maximum atomic E-state index is 12.3. The van der Waals surface area contributed by atoms with Gasteiger partial charge in [-0.25, -0.2) is 13.8 Å². The van der Waals surface area contributed by atoms with E-state index >= 15 is 0 Å². The van der Waals surface area contributed by atoms with Crippen molar-refractivity contribution in [3.8, 4) is 0 Å². The minimum atomic E-state index is -2.43. The molecule has 0 saturated carbocycles. The second-order valence-corrected chi connectivity index (χ2v) is 2.91. The lowest BCUT2D eigenvalue weighted by atomic mass is 10.3. The third-order valence-corrected chi connectivity index (χ3v) is 1.86. The fourth-order valence-electron chi connectivity index (χ4n) is 1.26. The average molecular weight is 182 g/mol. The molecule has 0 aliphatic rings. The maximum absolute atomic E-state index is 12.3. The van der Waals surface area contributed by atoms with Gasteiger partial charge in [0.2, 0.25) is 0 Å². The van der Waals surface area contributed by atoms with Crippen LogP contribution in [0.2, 0.25) is 0 Å². The third-order valence-electron chi connectivity index (χ3n) is 1.86. The van der Waals surface area contributed by atoms with Gasteiger partial charge in [-0.05, 0) is 19.1 Å². The number of hydrogen-bond donors (Lipinski definition) is 0. The lowest BCUT2D eigenvalue weighted by Crippen LogP contribution is -1.88. The molecular formula is C9H8F2N2. The van der Waals surface area contributed by atoms with Crippen LogP contribution in [0.1, 0.15) is 17.7 Å². The van der Waals surface area contributed by atoms with Gasteiger partial charge in [-0.3, -0.25) is 0 Å². The highest BCUT2D eigenvalue weighted by Crippen LogP contribution is 2.19. The summed E-state index contributed by atoms with van der Waals surface area (Å²) in [6.07, 6.45) is 0.962. The Morgan fingerprint density at radius 2 is 2.23 bits per heavy atom. The molecule has 2 rings (SSSR count). The van der Waals surface area contributed by atoms with Crippen molar-refractivity contribution in [2.75, 3.05) is 0 Å². The number of pyridine rings is 1. The van der Waals surface area contributed by atoms with Crippen molar-refractivity contribution in [1.29, 1.82) is 0 Å². The highest BCUT2D eigenvalue weighted by atomic mass is 19.3. The molecule has 0 N–H and O–H groups in total. The monoisotopic (exact) mass is 182 g/mol. The van der Waals surface area contributed by atoms with Gasteiger partial charge in [-0.15, -0.1) is 0 Å².